The number of nitrogens with zero attached hydrogens (tertiary/aromatic N) is 3. The van der Waals surface area contributed by atoms with E-state index < -0.39 is 5.60 Å². The average molecular weight is 423 g/mol. The molecular formula is C22H35ClN4O2. The molecule has 0 spiro atoms. The molecule has 1 aromatic carbocycles. The van der Waals surface area contributed by atoms with Crippen LogP contribution in [0.15, 0.2) is 12.1 Å². The molecule has 1 aromatic rings. The summed E-state index contributed by atoms with van der Waals surface area (Å²) in [6, 6.07) is 4.14. The van der Waals surface area contributed by atoms with E-state index in [2.05, 4.69) is 41.1 Å². The summed E-state index contributed by atoms with van der Waals surface area (Å²) in [5, 5.41) is 4.36. The number of carbonyl (C=O) groups excluding carboxylic acids is 1. The van der Waals surface area contributed by atoms with Crippen molar-refractivity contribution in [2.75, 3.05) is 49.1 Å². The fraction of sp³-hybridized carbons (Fsp3) is 0.682. The molecule has 1 atom stereocenters. The summed E-state index contributed by atoms with van der Waals surface area (Å²) in [5.74, 6) is 0. The van der Waals surface area contributed by atoms with E-state index in [1.807, 2.05) is 20.8 Å². The third-order valence-electron chi connectivity index (χ3n) is 5.65. The molecule has 3 rings (SSSR count). The minimum atomic E-state index is -0.468. The summed E-state index contributed by atoms with van der Waals surface area (Å²) in [6.45, 7) is 14.9. The van der Waals surface area contributed by atoms with Crippen molar-refractivity contribution in [2.45, 2.75) is 59.2 Å². The van der Waals surface area contributed by atoms with Crippen LogP contribution in [0, 0.1) is 6.92 Å². The number of benzene rings is 1. The Kier molecular flexibility index (Phi) is 6.84. The molecular weight excluding hydrogens is 388 g/mol. The standard InChI is InChI=1S/C22H35ClN4O2/c1-6-27(20-8-7-9-24-20)19-15-17(23)14-18(16(19)2)25-10-12-26(13-11-25)21(28)29-22(3,4)5/h14-15,20,24H,6-13H2,1-5H3. The first-order valence-corrected chi connectivity index (χ1v) is 11.1. The van der Waals surface area contributed by atoms with Gasteiger partial charge in [-0.05, 0) is 71.7 Å². The molecule has 7 heteroatoms. The molecule has 1 unspecified atom stereocenters. The van der Waals surface area contributed by atoms with Gasteiger partial charge >= 0.3 is 6.09 Å². The van der Waals surface area contributed by atoms with E-state index in [1.165, 1.54) is 17.7 Å². The maximum Gasteiger partial charge on any atom is 0.410 e. The van der Waals surface area contributed by atoms with Crippen LogP contribution in [0.2, 0.25) is 5.02 Å². The predicted octanol–water partition coefficient (Wildman–Crippen LogP) is 4.24. The number of hydrogen-bond donors (Lipinski definition) is 1. The number of ether oxygens (including phenoxy) is 1. The summed E-state index contributed by atoms with van der Waals surface area (Å²) < 4.78 is 5.52. The van der Waals surface area contributed by atoms with Crippen LogP contribution in [0.1, 0.15) is 46.1 Å². The molecule has 2 aliphatic rings. The third kappa shape index (κ3) is 5.28. The lowest BCUT2D eigenvalue weighted by atomic mass is 10.1. The van der Waals surface area contributed by atoms with Crippen molar-refractivity contribution in [3.63, 3.8) is 0 Å². The predicted molar refractivity (Wildman–Crippen MR) is 120 cm³/mol. The fourth-order valence-electron chi connectivity index (χ4n) is 4.22. The lowest BCUT2D eigenvalue weighted by molar-refractivity contribution is 0.0240. The minimum absolute atomic E-state index is 0.231. The molecule has 2 saturated heterocycles. The van der Waals surface area contributed by atoms with E-state index in [0.29, 0.717) is 19.3 Å². The lowest BCUT2D eigenvalue weighted by Crippen LogP contribution is -2.50. The molecule has 6 nitrogen and oxygen atoms in total. The Hall–Kier alpha value is -1.66. The van der Waals surface area contributed by atoms with Crippen LogP contribution < -0.4 is 15.1 Å². The number of carbonyl (C=O) groups is 1. The van der Waals surface area contributed by atoms with Gasteiger partial charge < -0.3 is 19.4 Å². The Balaban J connectivity index is 1.75. The zero-order valence-corrected chi connectivity index (χ0v) is 19.2. The van der Waals surface area contributed by atoms with E-state index in [1.54, 1.807) is 4.90 Å². The first-order chi connectivity index (χ1) is 13.7. The van der Waals surface area contributed by atoms with E-state index in [-0.39, 0.29) is 6.09 Å². The minimum Gasteiger partial charge on any atom is -0.444 e. The van der Waals surface area contributed by atoms with E-state index >= 15 is 0 Å². The van der Waals surface area contributed by atoms with Crippen molar-refractivity contribution in [1.29, 1.82) is 0 Å². The number of hydrogen-bond acceptors (Lipinski definition) is 5. The summed E-state index contributed by atoms with van der Waals surface area (Å²) >= 11 is 6.54. The van der Waals surface area contributed by atoms with Crippen LogP contribution in [0.25, 0.3) is 0 Å². The van der Waals surface area contributed by atoms with Crippen LogP contribution in [0.3, 0.4) is 0 Å². The summed E-state index contributed by atoms with van der Waals surface area (Å²) in [5.41, 5.74) is 3.14. The summed E-state index contributed by atoms with van der Waals surface area (Å²) in [6.07, 6.45) is 2.50. The Bertz CT molecular complexity index is 720. The molecule has 1 amide bonds. The second-order valence-electron chi connectivity index (χ2n) is 8.92. The van der Waals surface area contributed by atoms with Crippen LogP contribution >= 0.6 is 11.6 Å². The van der Waals surface area contributed by atoms with Crippen molar-refractivity contribution >= 4 is 29.1 Å². The zero-order valence-electron chi connectivity index (χ0n) is 18.4. The molecule has 162 valence electrons. The van der Waals surface area contributed by atoms with Crippen LogP contribution in [-0.4, -0.2) is 62.0 Å². The number of nitrogens with one attached hydrogen (secondary N) is 1. The van der Waals surface area contributed by atoms with Crippen LogP contribution in [-0.2, 0) is 4.74 Å². The Morgan fingerprint density at radius 2 is 1.97 bits per heavy atom. The molecule has 0 saturated carbocycles. The van der Waals surface area contributed by atoms with E-state index in [0.717, 1.165) is 43.3 Å². The molecule has 0 aromatic heterocycles. The first kappa shape index (κ1) is 22.0. The number of amides is 1. The number of halogens is 1. The van der Waals surface area contributed by atoms with Gasteiger partial charge in [-0.15, -0.1) is 0 Å². The molecule has 2 aliphatic heterocycles. The molecule has 2 fully saturated rings. The Morgan fingerprint density at radius 3 is 2.52 bits per heavy atom. The van der Waals surface area contributed by atoms with Crippen LogP contribution in [0.4, 0.5) is 16.2 Å². The molecule has 0 radical (unpaired) electrons. The van der Waals surface area contributed by atoms with Gasteiger partial charge in [0.25, 0.3) is 0 Å². The molecule has 0 aliphatic carbocycles. The van der Waals surface area contributed by atoms with Crippen molar-refractivity contribution < 1.29 is 9.53 Å². The zero-order chi connectivity index (χ0) is 21.2. The molecule has 1 N–H and O–H groups in total. The summed E-state index contributed by atoms with van der Waals surface area (Å²) in [7, 11) is 0. The summed E-state index contributed by atoms with van der Waals surface area (Å²) in [4.78, 5) is 18.9. The van der Waals surface area contributed by atoms with Gasteiger partial charge in [0.05, 0.1) is 6.17 Å². The maximum absolute atomic E-state index is 12.4. The highest BCUT2D eigenvalue weighted by molar-refractivity contribution is 6.31. The number of piperazine rings is 1. The monoisotopic (exact) mass is 422 g/mol. The second-order valence-corrected chi connectivity index (χ2v) is 9.36. The first-order valence-electron chi connectivity index (χ1n) is 10.7. The van der Waals surface area contributed by atoms with Gasteiger partial charge in [-0.25, -0.2) is 4.79 Å². The molecule has 2 heterocycles. The second kappa shape index (κ2) is 9.00. The molecule has 29 heavy (non-hydrogen) atoms. The fourth-order valence-corrected chi connectivity index (χ4v) is 4.43. The van der Waals surface area contributed by atoms with Crippen molar-refractivity contribution in [3.8, 4) is 0 Å². The molecule has 0 bridgehead atoms. The highest BCUT2D eigenvalue weighted by atomic mass is 35.5. The van der Waals surface area contributed by atoms with Gasteiger partial charge in [-0.3, -0.25) is 5.32 Å². The van der Waals surface area contributed by atoms with Gasteiger partial charge in [0.2, 0.25) is 0 Å². The lowest BCUT2D eigenvalue weighted by Gasteiger charge is -2.39. The van der Waals surface area contributed by atoms with Gasteiger partial charge in [-0.2, -0.15) is 0 Å². The Morgan fingerprint density at radius 1 is 1.28 bits per heavy atom. The highest BCUT2D eigenvalue weighted by Crippen LogP contribution is 2.35. The highest BCUT2D eigenvalue weighted by Gasteiger charge is 2.28. The average Bonchev–Trinajstić information content (AvgIpc) is 3.18. The maximum atomic E-state index is 12.4. The topological polar surface area (TPSA) is 48.0 Å². The van der Waals surface area contributed by atoms with Crippen molar-refractivity contribution in [1.82, 2.24) is 10.2 Å². The largest absolute Gasteiger partial charge is 0.444 e. The van der Waals surface area contributed by atoms with Gasteiger partial charge in [-0.1, -0.05) is 11.6 Å². The van der Waals surface area contributed by atoms with Gasteiger partial charge in [0, 0.05) is 49.1 Å². The van der Waals surface area contributed by atoms with Crippen molar-refractivity contribution in [2.24, 2.45) is 0 Å². The Labute approximate surface area is 180 Å². The quantitative estimate of drug-likeness (QED) is 0.786. The van der Waals surface area contributed by atoms with Crippen LogP contribution in [0.5, 0.6) is 0 Å². The van der Waals surface area contributed by atoms with Crippen molar-refractivity contribution in [3.05, 3.63) is 22.7 Å². The van der Waals surface area contributed by atoms with Gasteiger partial charge in [0.15, 0.2) is 0 Å². The van der Waals surface area contributed by atoms with Gasteiger partial charge in [0.1, 0.15) is 5.60 Å². The normalized spacial score (nSPS) is 20.1. The smallest absolute Gasteiger partial charge is 0.410 e. The number of anilines is 2. The van der Waals surface area contributed by atoms with E-state index in [4.69, 9.17) is 16.3 Å². The number of rotatable bonds is 4. The van der Waals surface area contributed by atoms with E-state index in [9.17, 15) is 4.79 Å². The SMILES string of the molecule is CCN(c1cc(Cl)cc(N2CCN(C(=O)OC(C)(C)C)CC2)c1C)C1CCCN1. The third-order valence-corrected chi connectivity index (χ3v) is 5.87.